The van der Waals surface area contributed by atoms with E-state index < -0.39 is 38.9 Å². The maximum Gasteiger partial charge on any atom is 0.419 e. The summed E-state index contributed by atoms with van der Waals surface area (Å²) < 4.78 is 77.1. The van der Waals surface area contributed by atoms with Gasteiger partial charge < -0.3 is 0 Å². The molecule has 1 N–H and O–H groups in total. The summed E-state index contributed by atoms with van der Waals surface area (Å²) in [5.74, 6) is -1.44. The normalized spacial score (nSPS) is 15.1. The van der Waals surface area contributed by atoms with Gasteiger partial charge >= 0.3 is 6.18 Å². The number of rotatable bonds is 5. The number of sulfonamides is 1. The predicted octanol–water partition coefficient (Wildman–Crippen LogP) is 3.13. The van der Waals surface area contributed by atoms with Gasteiger partial charge in [-0.25, -0.2) is 17.5 Å². The van der Waals surface area contributed by atoms with E-state index in [4.69, 9.17) is 5.26 Å². The Bertz CT molecular complexity index is 680. The van der Waals surface area contributed by atoms with Crippen LogP contribution in [-0.4, -0.2) is 13.7 Å². The molecule has 0 saturated carbocycles. The Balaban J connectivity index is 3.10. The van der Waals surface area contributed by atoms with Crippen molar-refractivity contribution in [1.29, 1.82) is 5.26 Å². The van der Waals surface area contributed by atoms with Crippen molar-refractivity contribution in [2.45, 2.75) is 37.7 Å². The second kappa shape index (κ2) is 6.62. The number of nitrogens with zero attached hydrogens (tertiary/aromatic N) is 1. The van der Waals surface area contributed by atoms with Crippen LogP contribution in [0.25, 0.3) is 0 Å². The quantitative estimate of drug-likeness (QED) is 0.839. The lowest BCUT2D eigenvalue weighted by Gasteiger charge is -2.18. The second-order valence-corrected chi connectivity index (χ2v) is 6.54. The molecule has 0 unspecified atom stereocenters. The van der Waals surface area contributed by atoms with Gasteiger partial charge in [0.25, 0.3) is 0 Å². The van der Waals surface area contributed by atoms with Gasteiger partial charge in [0.15, 0.2) is 5.25 Å². The van der Waals surface area contributed by atoms with E-state index in [1.54, 1.807) is 6.07 Å². The van der Waals surface area contributed by atoms with Crippen molar-refractivity contribution >= 4 is 10.0 Å². The van der Waals surface area contributed by atoms with E-state index >= 15 is 0 Å². The summed E-state index contributed by atoms with van der Waals surface area (Å²) >= 11 is 0. The van der Waals surface area contributed by atoms with Crippen LogP contribution in [0.1, 0.15) is 37.4 Å². The Morgan fingerprint density at radius 2 is 1.95 bits per heavy atom. The largest absolute Gasteiger partial charge is 0.419 e. The van der Waals surface area contributed by atoms with Crippen molar-refractivity contribution in [2.75, 3.05) is 0 Å². The van der Waals surface area contributed by atoms with Crippen LogP contribution in [0.15, 0.2) is 18.2 Å². The van der Waals surface area contributed by atoms with Gasteiger partial charge in [-0.15, -0.1) is 0 Å². The predicted molar refractivity (Wildman–Crippen MR) is 71.6 cm³/mol. The molecule has 0 aromatic heterocycles. The van der Waals surface area contributed by atoms with E-state index in [1.165, 1.54) is 13.8 Å². The van der Waals surface area contributed by atoms with Gasteiger partial charge in [-0.05, 0) is 31.0 Å². The van der Waals surface area contributed by atoms with E-state index in [0.717, 1.165) is 6.07 Å². The van der Waals surface area contributed by atoms with Crippen molar-refractivity contribution in [1.82, 2.24) is 4.72 Å². The number of alkyl halides is 3. The summed E-state index contributed by atoms with van der Waals surface area (Å²) in [6.45, 7) is 2.81. The fraction of sp³-hybridized carbons (Fsp3) is 0.462. The van der Waals surface area contributed by atoms with Gasteiger partial charge in [0, 0.05) is 6.04 Å². The van der Waals surface area contributed by atoms with Gasteiger partial charge in [-0.2, -0.15) is 18.4 Å². The molecule has 0 aliphatic heterocycles. The van der Waals surface area contributed by atoms with E-state index in [0.29, 0.717) is 12.1 Å². The first-order valence-electron chi connectivity index (χ1n) is 6.30. The molecule has 0 fully saturated rings. The molecule has 122 valence electrons. The minimum absolute atomic E-state index is 0.0375. The van der Waals surface area contributed by atoms with Gasteiger partial charge in [0.05, 0.1) is 11.6 Å². The van der Waals surface area contributed by atoms with Crippen molar-refractivity contribution in [3.63, 3.8) is 0 Å². The van der Waals surface area contributed by atoms with Crippen molar-refractivity contribution in [3.8, 4) is 6.07 Å². The number of nitriles is 1. The van der Waals surface area contributed by atoms with Crippen LogP contribution in [0.5, 0.6) is 0 Å². The molecule has 0 spiro atoms. The maximum atomic E-state index is 13.2. The number of hydrogen-bond acceptors (Lipinski definition) is 3. The zero-order valence-corrected chi connectivity index (χ0v) is 12.6. The molecule has 0 bridgehead atoms. The zero-order chi connectivity index (χ0) is 17.1. The molecule has 1 rings (SSSR count). The Labute approximate surface area is 125 Å². The molecule has 1 aromatic carbocycles. The van der Waals surface area contributed by atoms with Gasteiger partial charge in [0.1, 0.15) is 5.82 Å². The van der Waals surface area contributed by atoms with Crippen LogP contribution < -0.4 is 4.72 Å². The lowest BCUT2D eigenvalue weighted by Crippen LogP contribution is -2.35. The van der Waals surface area contributed by atoms with Crippen LogP contribution in [0.2, 0.25) is 0 Å². The molecule has 0 saturated heterocycles. The summed E-state index contributed by atoms with van der Waals surface area (Å²) in [7, 11) is -4.01. The highest BCUT2D eigenvalue weighted by Gasteiger charge is 2.35. The molecule has 0 radical (unpaired) electrons. The van der Waals surface area contributed by atoms with Crippen molar-refractivity contribution in [3.05, 3.63) is 35.1 Å². The molecule has 0 aliphatic rings. The SMILES string of the molecule is CC[C@@H](C#N)S(=O)(=O)N[C@@H](C)c1ccc(F)c(C(F)(F)F)c1. The van der Waals surface area contributed by atoms with Crippen molar-refractivity contribution < 1.29 is 26.0 Å². The third kappa shape index (κ3) is 4.18. The van der Waals surface area contributed by atoms with Crippen LogP contribution >= 0.6 is 0 Å². The van der Waals surface area contributed by atoms with Crippen molar-refractivity contribution in [2.24, 2.45) is 0 Å². The molecule has 1 aromatic rings. The molecule has 9 heteroatoms. The summed E-state index contributed by atoms with van der Waals surface area (Å²) in [6, 6.07) is 2.81. The third-order valence-electron chi connectivity index (χ3n) is 3.03. The van der Waals surface area contributed by atoms with Crippen LogP contribution in [0.3, 0.4) is 0 Å². The van der Waals surface area contributed by atoms with Crippen LogP contribution in [-0.2, 0) is 16.2 Å². The van der Waals surface area contributed by atoms with Crippen LogP contribution in [0, 0.1) is 17.1 Å². The summed E-state index contributed by atoms with van der Waals surface area (Å²) in [4.78, 5) is 0. The fourth-order valence-corrected chi connectivity index (χ4v) is 3.18. The average molecular weight is 338 g/mol. The average Bonchev–Trinajstić information content (AvgIpc) is 2.38. The Hall–Kier alpha value is -1.66. The van der Waals surface area contributed by atoms with E-state index in [2.05, 4.69) is 4.72 Å². The Morgan fingerprint density at radius 3 is 2.41 bits per heavy atom. The smallest absolute Gasteiger partial charge is 0.211 e. The Morgan fingerprint density at radius 1 is 1.36 bits per heavy atom. The molecule has 22 heavy (non-hydrogen) atoms. The van der Waals surface area contributed by atoms with Gasteiger partial charge in [-0.1, -0.05) is 13.0 Å². The molecule has 0 amide bonds. The molecule has 4 nitrogen and oxygen atoms in total. The minimum atomic E-state index is -4.88. The number of benzene rings is 1. The summed E-state index contributed by atoms with van der Waals surface area (Å²) in [5, 5.41) is 7.46. The minimum Gasteiger partial charge on any atom is -0.211 e. The zero-order valence-electron chi connectivity index (χ0n) is 11.8. The van der Waals surface area contributed by atoms with Crippen LogP contribution in [0.4, 0.5) is 17.6 Å². The highest BCUT2D eigenvalue weighted by molar-refractivity contribution is 7.90. The Kier molecular flexibility index (Phi) is 5.54. The van der Waals surface area contributed by atoms with E-state index in [9.17, 15) is 26.0 Å². The standard InChI is InChI=1S/C13H14F4N2O2S/c1-3-10(7-18)22(20,21)19-8(2)9-4-5-12(14)11(6-9)13(15,16)17/h4-6,8,10,19H,3H2,1-2H3/t8-,10-/m0/s1. The first-order chi connectivity index (χ1) is 10.0. The molecule has 2 atom stereocenters. The highest BCUT2D eigenvalue weighted by atomic mass is 32.2. The second-order valence-electron chi connectivity index (χ2n) is 4.65. The molecule has 0 heterocycles. The summed E-state index contributed by atoms with van der Waals surface area (Å²) in [5.41, 5.74) is -1.52. The molecular formula is C13H14F4N2O2S. The first-order valence-corrected chi connectivity index (χ1v) is 7.85. The highest BCUT2D eigenvalue weighted by Crippen LogP contribution is 2.33. The lowest BCUT2D eigenvalue weighted by atomic mass is 10.1. The first kappa shape index (κ1) is 18.4. The third-order valence-corrected chi connectivity index (χ3v) is 4.90. The number of nitrogens with one attached hydrogen (secondary N) is 1. The number of hydrogen-bond donors (Lipinski definition) is 1. The van der Waals surface area contributed by atoms with E-state index in [1.807, 2.05) is 0 Å². The van der Waals surface area contributed by atoms with Gasteiger partial charge in [-0.3, -0.25) is 0 Å². The monoisotopic (exact) mass is 338 g/mol. The number of halogens is 4. The lowest BCUT2D eigenvalue weighted by molar-refractivity contribution is -0.140. The molecule has 0 aliphatic carbocycles. The summed E-state index contributed by atoms with van der Waals surface area (Å²) in [6.07, 6.45) is -4.84. The van der Waals surface area contributed by atoms with E-state index in [-0.39, 0.29) is 12.0 Å². The van der Waals surface area contributed by atoms with Gasteiger partial charge in [0.2, 0.25) is 10.0 Å². The maximum absolute atomic E-state index is 13.2. The topological polar surface area (TPSA) is 70.0 Å². The molecular weight excluding hydrogens is 324 g/mol. The fourth-order valence-electron chi connectivity index (χ4n) is 1.81.